The van der Waals surface area contributed by atoms with Crippen LogP contribution >= 0.6 is 11.3 Å². The van der Waals surface area contributed by atoms with E-state index in [1.54, 1.807) is 13.0 Å². The van der Waals surface area contributed by atoms with Gasteiger partial charge in [0.1, 0.15) is 6.04 Å². The van der Waals surface area contributed by atoms with Crippen LogP contribution in [0, 0.1) is 0 Å². The van der Waals surface area contributed by atoms with Gasteiger partial charge in [0.15, 0.2) is 0 Å². The van der Waals surface area contributed by atoms with Crippen LogP contribution in [-0.2, 0) is 4.79 Å². The first-order chi connectivity index (χ1) is 11.1. The van der Waals surface area contributed by atoms with Gasteiger partial charge in [0, 0.05) is 32.2 Å². The molecule has 1 atom stereocenters. The van der Waals surface area contributed by atoms with E-state index in [4.69, 9.17) is 0 Å². The van der Waals surface area contributed by atoms with Gasteiger partial charge in [-0.3, -0.25) is 14.5 Å². The molecule has 6 heteroatoms. The maximum atomic E-state index is 12.5. The second-order valence-electron chi connectivity index (χ2n) is 6.47. The van der Waals surface area contributed by atoms with Crippen LogP contribution in [0.3, 0.4) is 0 Å². The predicted molar refractivity (Wildman–Crippen MR) is 91.7 cm³/mol. The summed E-state index contributed by atoms with van der Waals surface area (Å²) < 4.78 is 0. The van der Waals surface area contributed by atoms with Gasteiger partial charge in [0.05, 0.1) is 4.88 Å². The molecule has 2 heterocycles. The summed E-state index contributed by atoms with van der Waals surface area (Å²) in [5, 5.41) is 4.68. The second kappa shape index (κ2) is 7.45. The molecule has 0 bridgehead atoms. The number of carbonyl (C=O) groups is 2. The van der Waals surface area contributed by atoms with Gasteiger partial charge in [-0.05, 0) is 31.2 Å². The van der Waals surface area contributed by atoms with Crippen molar-refractivity contribution in [2.45, 2.75) is 44.7 Å². The number of hydrogen-bond acceptors (Lipinski definition) is 4. The van der Waals surface area contributed by atoms with E-state index in [0.717, 1.165) is 32.2 Å². The van der Waals surface area contributed by atoms with E-state index in [1.165, 1.54) is 37.0 Å². The standard InChI is InChI=1S/C17H25N3O2S/c1-13(18-16(21)15-7-4-12-23-15)17(22)20-10-8-19(9-11-20)14-5-2-3-6-14/h4,7,12-14H,2-3,5-6,8-11H2,1H3,(H,18,21). The molecule has 1 aromatic rings. The number of rotatable bonds is 4. The molecular formula is C17H25N3O2S. The predicted octanol–water partition coefficient (Wildman–Crippen LogP) is 1.95. The van der Waals surface area contributed by atoms with E-state index in [2.05, 4.69) is 10.2 Å². The lowest BCUT2D eigenvalue weighted by molar-refractivity contribution is -0.134. The number of amides is 2. The maximum Gasteiger partial charge on any atom is 0.261 e. The Labute approximate surface area is 141 Å². The van der Waals surface area contributed by atoms with Crippen molar-refractivity contribution in [3.05, 3.63) is 22.4 Å². The molecule has 126 valence electrons. The average Bonchev–Trinajstić information content (AvgIpc) is 3.27. The smallest absolute Gasteiger partial charge is 0.261 e. The SMILES string of the molecule is CC(NC(=O)c1cccs1)C(=O)N1CCN(C2CCCC2)CC1. The monoisotopic (exact) mass is 335 g/mol. The third kappa shape index (κ3) is 3.93. The molecule has 1 aromatic heterocycles. The number of piperazine rings is 1. The normalized spacial score (nSPS) is 21.3. The summed E-state index contributed by atoms with van der Waals surface area (Å²) in [6.07, 6.45) is 5.30. The molecule has 5 nitrogen and oxygen atoms in total. The van der Waals surface area contributed by atoms with E-state index in [1.807, 2.05) is 16.3 Å². The maximum absolute atomic E-state index is 12.5. The summed E-state index contributed by atoms with van der Waals surface area (Å²) in [7, 11) is 0. The zero-order valence-electron chi connectivity index (χ0n) is 13.7. The van der Waals surface area contributed by atoms with Crippen molar-refractivity contribution in [2.75, 3.05) is 26.2 Å². The van der Waals surface area contributed by atoms with Crippen LogP contribution < -0.4 is 5.32 Å². The van der Waals surface area contributed by atoms with Gasteiger partial charge in [-0.25, -0.2) is 0 Å². The molecule has 1 saturated heterocycles. The van der Waals surface area contributed by atoms with Crippen molar-refractivity contribution in [1.29, 1.82) is 0 Å². The van der Waals surface area contributed by atoms with Gasteiger partial charge < -0.3 is 10.2 Å². The lowest BCUT2D eigenvalue weighted by Crippen LogP contribution is -2.55. The quantitative estimate of drug-likeness (QED) is 0.915. The Bertz CT molecular complexity index is 532. The highest BCUT2D eigenvalue weighted by Gasteiger charge is 2.30. The van der Waals surface area contributed by atoms with Crippen molar-refractivity contribution in [3.63, 3.8) is 0 Å². The second-order valence-corrected chi connectivity index (χ2v) is 7.42. The Hall–Kier alpha value is -1.40. The van der Waals surface area contributed by atoms with Crippen molar-refractivity contribution in [1.82, 2.24) is 15.1 Å². The molecule has 3 rings (SSSR count). The van der Waals surface area contributed by atoms with Crippen LogP contribution in [0.4, 0.5) is 0 Å². The number of hydrogen-bond donors (Lipinski definition) is 1. The highest BCUT2D eigenvalue weighted by Crippen LogP contribution is 2.24. The zero-order valence-corrected chi connectivity index (χ0v) is 14.5. The Morgan fingerprint density at radius 1 is 1.22 bits per heavy atom. The number of carbonyl (C=O) groups excluding carboxylic acids is 2. The Balaban J connectivity index is 1.47. The van der Waals surface area contributed by atoms with E-state index < -0.39 is 6.04 Å². The fourth-order valence-electron chi connectivity index (χ4n) is 3.59. The Kier molecular flexibility index (Phi) is 5.33. The Morgan fingerprint density at radius 2 is 1.91 bits per heavy atom. The minimum atomic E-state index is -0.470. The first-order valence-corrected chi connectivity index (χ1v) is 9.40. The fourth-order valence-corrected chi connectivity index (χ4v) is 4.21. The van der Waals surface area contributed by atoms with Gasteiger partial charge in [0.2, 0.25) is 5.91 Å². The number of nitrogens with zero attached hydrogens (tertiary/aromatic N) is 2. The molecule has 1 unspecified atom stereocenters. The molecule has 1 aliphatic heterocycles. The molecule has 0 radical (unpaired) electrons. The van der Waals surface area contributed by atoms with Crippen LogP contribution in [0.25, 0.3) is 0 Å². The summed E-state index contributed by atoms with van der Waals surface area (Å²) in [5.74, 6) is -0.133. The third-order valence-corrected chi connectivity index (χ3v) is 5.80. The summed E-state index contributed by atoms with van der Waals surface area (Å²) in [6.45, 7) is 5.24. The minimum Gasteiger partial charge on any atom is -0.340 e. The summed E-state index contributed by atoms with van der Waals surface area (Å²) in [5.41, 5.74) is 0. The molecule has 1 saturated carbocycles. The third-order valence-electron chi connectivity index (χ3n) is 4.93. The Morgan fingerprint density at radius 3 is 2.52 bits per heavy atom. The van der Waals surface area contributed by atoms with Gasteiger partial charge in [-0.15, -0.1) is 11.3 Å². The van der Waals surface area contributed by atoms with E-state index in [-0.39, 0.29) is 11.8 Å². The molecule has 23 heavy (non-hydrogen) atoms. The first-order valence-electron chi connectivity index (χ1n) is 8.52. The van der Waals surface area contributed by atoms with Crippen LogP contribution in [0.2, 0.25) is 0 Å². The molecule has 2 aliphatic rings. The van der Waals surface area contributed by atoms with Gasteiger partial charge in [-0.2, -0.15) is 0 Å². The van der Waals surface area contributed by atoms with Crippen molar-refractivity contribution in [3.8, 4) is 0 Å². The minimum absolute atomic E-state index is 0.0287. The lowest BCUT2D eigenvalue weighted by atomic mass is 10.1. The summed E-state index contributed by atoms with van der Waals surface area (Å²) >= 11 is 1.39. The molecule has 0 aromatic carbocycles. The molecule has 2 fully saturated rings. The van der Waals surface area contributed by atoms with Crippen molar-refractivity contribution < 1.29 is 9.59 Å². The average molecular weight is 335 g/mol. The van der Waals surface area contributed by atoms with Gasteiger partial charge in [0.25, 0.3) is 5.91 Å². The van der Waals surface area contributed by atoms with Crippen molar-refractivity contribution in [2.24, 2.45) is 0 Å². The molecule has 0 spiro atoms. The van der Waals surface area contributed by atoms with Gasteiger partial charge in [-0.1, -0.05) is 18.9 Å². The van der Waals surface area contributed by atoms with Crippen LogP contribution in [0.5, 0.6) is 0 Å². The molecule has 1 aliphatic carbocycles. The zero-order chi connectivity index (χ0) is 16.2. The molecule has 1 N–H and O–H groups in total. The van der Waals surface area contributed by atoms with E-state index in [0.29, 0.717) is 4.88 Å². The van der Waals surface area contributed by atoms with Crippen molar-refractivity contribution >= 4 is 23.2 Å². The largest absolute Gasteiger partial charge is 0.340 e. The number of thiophene rings is 1. The highest BCUT2D eigenvalue weighted by molar-refractivity contribution is 7.12. The lowest BCUT2D eigenvalue weighted by Gasteiger charge is -2.38. The topological polar surface area (TPSA) is 52.7 Å². The van der Waals surface area contributed by atoms with Crippen LogP contribution in [0.15, 0.2) is 17.5 Å². The summed E-state index contributed by atoms with van der Waals surface area (Å²) in [4.78, 5) is 29.7. The first kappa shape index (κ1) is 16.5. The van der Waals surface area contributed by atoms with Gasteiger partial charge >= 0.3 is 0 Å². The molecule has 2 amide bonds. The highest BCUT2D eigenvalue weighted by atomic mass is 32.1. The van der Waals surface area contributed by atoms with E-state index >= 15 is 0 Å². The van der Waals surface area contributed by atoms with Crippen LogP contribution in [-0.4, -0.2) is 59.9 Å². The van der Waals surface area contributed by atoms with Crippen LogP contribution in [0.1, 0.15) is 42.3 Å². The number of nitrogens with one attached hydrogen (secondary N) is 1. The summed E-state index contributed by atoms with van der Waals surface area (Å²) in [6, 6.07) is 3.87. The molecular weight excluding hydrogens is 310 g/mol. The fraction of sp³-hybridized carbons (Fsp3) is 0.647. The van der Waals surface area contributed by atoms with E-state index in [9.17, 15) is 9.59 Å².